The summed E-state index contributed by atoms with van der Waals surface area (Å²) in [6.45, 7) is 4.01. The minimum Gasteiger partial charge on any atom is -0.465 e. The fraction of sp³-hybridized carbons (Fsp3) is 0.692. The minimum atomic E-state index is -0.992. The van der Waals surface area contributed by atoms with E-state index in [0.29, 0.717) is 0 Å². The molecule has 0 bridgehead atoms. The molecule has 6 nitrogen and oxygen atoms in total. The first-order valence-corrected chi connectivity index (χ1v) is 6.30. The molecule has 0 unspecified atom stereocenters. The Kier molecular flexibility index (Phi) is 6.52. The van der Waals surface area contributed by atoms with Gasteiger partial charge in [-0.25, -0.2) is 0 Å². The molecule has 108 valence electrons. The molecule has 0 aromatic heterocycles. The fourth-order valence-electron chi connectivity index (χ4n) is 1.81. The van der Waals surface area contributed by atoms with Crippen LogP contribution in [0, 0.1) is 11.8 Å². The van der Waals surface area contributed by atoms with Crippen LogP contribution in [0.3, 0.4) is 0 Å². The average Bonchev–Trinajstić information content (AvgIpc) is 2.40. The van der Waals surface area contributed by atoms with Crippen LogP contribution in [0.2, 0.25) is 0 Å². The lowest BCUT2D eigenvalue weighted by Crippen LogP contribution is -2.38. The van der Waals surface area contributed by atoms with E-state index in [2.05, 4.69) is 0 Å². The van der Waals surface area contributed by atoms with Gasteiger partial charge in [-0.2, -0.15) is 0 Å². The molecule has 0 aromatic carbocycles. The highest BCUT2D eigenvalue weighted by Crippen LogP contribution is 2.23. The molecule has 0 spiro atoms. The van der Waals surface area contributed by atoms with Crippen molar-refractivity contribution in [2.45, 2.75) is 20.1 Å². The first-order valence-electron chi connectivity index (χ1n) is 6.30. The second-order valence-corrected chi connectivity index (χ2v) is 3.97. The molecule has 0 fully saturated rings. The molecular formula is C13H20O6. The van der Waals surface area contributed by atoms with Crippen molar-refractivity contribution in [2.75, 3.05) is 26.9 Å². The van der Waals surface area contributed by atoms with Crippen LogP contribution in [0.5, 0.6) is 0 Å². The van der Waals surface area contributed by atoms with Crippen LogP contribution in [-0.2, 0) is 28.5 Å². The Balaban J connectivity index is 2.79. The fourth-order valence-corrected chi connectivity index (χ4v) is 1.81. The van der Waals surface area contributed by atoms with E-state index in [-0.39, 0.29) is 19.8 Å². The molecule has 6 heteroatoms. The molecule has 0 radical (unpaired) electrons. The van der Waals surface area contributed by atoms with E-state index < -0.39 is 30.1 Å². The largest absolute Gasteiger partial charge is 0.465 e. The highest BCUT2D eigenvalue weighted by molar-refractivity contribution is 5.95. The zero-order valence-electron chi connectivity index (χ0n) is 11.5. The summed E-state index contributed by atoms with van der Waals surface area (Å²) in [5.41, 5.74) is 0. The van der Waals surface area contributed by atoms with Crippen LogP contribution in [-0.4, -0.2) is 45.2 Å². The molecular weight excluding hydrogens is 252 g/mol. The third-order valence-electron chi connectivity index (χ3n) is 2.71. The van der Waals surface area contributed by atoms with Gasteiger partial charge in [-0.1, -0.05) is 6.08 Å². The molecule has 1 aliphatic rings. The van der Waals surface area contributed by atoms with Crippen molar-refractivity contribution in [3.8, 4) is 0 Å². The second kappa shape index (κ2) is 7.91. The van der Waals surface area contributed by atoms with Gasteiger partial charge in [0.1, 0.15) is 0 Å². The van der Waals surface area contributed by atoms with E-state index in [9.17, 15) is 9.59 Å². The monoisotopic (exact) mass is 272 g/mol. The molecule has 1 rings (SSSR count). The van der Waals surface area contributed by atoms with Crippen molar-refractivity contribution in [1.82, 2.24) is 0 Å². The van der Waals surface area contributed by atoms with E-state index in [0.717, 1.165) is 0 Å². The Labute approximate surface area is 112 Å². The number of hydrogen-bond donors (Lipinski definition) is 0. The SMILES string of the molecule is CCOC(=O)C(C(=O)OCC)[C@H]1C=C[C@@H](OC)OC1. The van der Waals surface area contributed by atoms with Gasteiger partial charge in [0.25, 0.3) is 0 Å². The van der Waals surface area contributed by atoms with Crippen molar-refractivity contribution in [2.24, 2.45) is 11.8 Å². The lowest BCUT2D eigenvalue weighted by Gasteiger charge is -2.26. The van der Waals surface area contributed by atoms with E-state index in [1.165, 1.54) is 7.11 Å². The highest BCUT2D eigenvalue weighted by atomic mass is 16.7. The van der Waals surface area contributed by atoms with E-state index in [1.54, 1.807) is 26.0 Å². The number of esters is 2. The van der Waals surface area contributed by atoms with Gasteiger partial charge in [-0.3, -0.25) is 9.59 Å². The van der Waals surface area contributed by atoms with Crippen LogP contribution in [0.15, 0.2) is 12.2 Å². The summed E-state index contributed by atoms with van der Waals surface area (Å²) in [7, 11) is 1.52. The lowest BCUT2D eigenvalue weighted by molar-refractivity contribution is -0.168. The summed E-state index contributed by atoms with van der Waals surface area (Å²) in [5, 5.41) is 0. The Bertz CT molecular complexity index is 320. The lowest BCUT2D eigenvalue weighted by atomic mass is 9.91. The van der Waals surface area contributed by atoms with Crippen LogP contribution in [0.1, 0.15) is 13.8 Å². The van der Waals surface area contributed by atoms with Gasteiger partial charge in [-0.05, 0) is 19.9 Å². The average molecular weight is 272 g/mol. The maximum Gasteiger partial charge on any atom is 0.321 e. The number of carbonyl (C=O) groups is 2. The number of hydrogen-bond acceptors (Lipinski definition) is 6. The van der Waals surface area contributed by atoms with Gasteiger partial charge >= 0.3 is 11.9 Å². The number of carbonyl (C=O) groups excluding carboxylic acids is 2. The quantitative estimate of drug-likeness (QED) is 0.406. The number of rotatable bonds is 6. The summed E-state index contributed by atoms with van der Waals surface area (Å²) in [6.07, 6.45) is 2.96. The topological polar surface area (TPSA) is 71.1 Å². The summed E-state index contributed by atoms with van der Waals surface area (Å²) in [5.74, 6) is -2.57. The summed E-state index contributed by atoms with van der Waals surface area (Å²) in [4.78, 5) is 23.7. The molecule has 0 saturated heterocycles. The zero-order valence-corrected chi connectivity index (χ0v) is 11.5. The van der Waals surface area contributed by atoms with Crippen molar-refractivity contribution < 1.29 is 28.5 Å². The van der Waals surface area contributed by atoms with Crippen LogP contribution in [0.25, 0.3) is 0 Å². The standard InChI is InChI=1S/C13H20O6/c1-4-17-12(14)11(13(15)18-5-2)9-6-7-10(16-3)19-8-9/h6-7,9-11H,4-5,8H2,1-3H3/t9-,10-/m0/s1. The molecule has 0 aromatic rings. The van der Waals surface area contributed by atoms with E-state index >= 15 is 0 Å². The number of ether oxygens (including phenoxy) is 4. The van der Waals surface area contributed by atoms with Crippen molar-refractivity contribution in [3.63, 3.8) is 0 Å². The minimum absolute atomic E-state index is 0.206. The number of methoxy groups -OCH3 is 1. The Morgan fingerprint density at radius 2 is 1.79 bits per heavy atom. The molecule has 0 saturated carbocycles. The van der Waals surface area contributed by atoms with Crippen LogP contribution < -0.4 is 0 Å². The van der Waals surface area contributed by atoms with Gasteiger partial charge in [0.2, 0.25) is 0 Å². The second-order valence-electron chi connectivity index (χ2n) is 3.97. The highest BCUT2D eigenvalue weighted by Gasteiger charge is 2.38. The van der Waals surface area contributed by atoms with Crippen LogP contribution >= 0.6 is 0 Å². The molecule has 1 aliphatic heterocycles. The van der Waals surface area contributed by atoms with Crippen molar-refractivity contribution in [1.29, 1.82) is 0 Å². The third-order valence-corrected chi connectivity index (χ3v) is 2.71. The Hall–Kier alpha value is -1.40. The maximum absolute atomic E-state index is 11.9. The zero-order chi connectivity index (χ0) is 14.3. The Morgan fingerprint density at radius 1 is 1.21 bits per heavy atom. The van der Waals surface area contributed by atoms with Crippen molar-refractivity contribution in [3.05, 3.63) is 12.2 Å². The first kappa shape index (κ1) is 15.7. The normalized spacial score (nSPS) is 22.3. The summed E-state index contributed by atoms with van der Waals surface area (Å²) in [6, 6.07) is 0. The van der Waals surface area contributed by atoms with Gasteiger partial charge in [0.15, 0.2) is 12.2 Å². The predicted octanol–water partition coefficient (Wildman–Crippen LogP) is 0.904. The van der Waals surface area contributed by atoms with E-state index in [1.807, 2.05) is 0 Å². The van der Waals surface area contributed by atoms with Gasteiger partial charge in [0, 0.05) is 13.0 Å². The molecule has 0 aliphatic carbocycles. The first-order chi connectivity index (χ1) is 9.13. The smallest absolute Gasteiger partial charge is 0.321 e. The van der Waals surface area contributed by atoms with Crippen LogP contribution in [0.4, 0.5) is 0 Å². The molecule has 2 atom stereocenters. The third kappa shape index (κ3) is 4.33. The molecule has 1 heterocycles. The van der Waals surface area contributed by atoms with Gasteiger partial charge in [-0.15, -0.1) is 0 Å². The molecule has 0 amide bonds. The van der Waals surface area contributed by atoms with E-state index in [4.69, 9.17) is 18.9 Å². The predicted molar refractivity (Wildman–Crippen MR) is 66.1 cm³/mol. The van der Waals surface area contributed by atoms with Gasteiger partial charge in [0.05, 0.1) is 19.8 Å². The van der Waals surface area contributed by atoms with Gasteiger partial charge < -0.3 is 18.9 Å². The maximum atomic E-state index is 11.9. The summed E-state index contributed by atoms with van der Waals surface area (Å²) >= 11 is 0. The molecule has 0 N–H and O–H groups in total. The Morgan fingerprint density at radius 3 is 2.16 bits per heavy atom. The molecule has 19 heavy (non-hydrogen) atoms. The summed E-state index contributed by atoms with van der Waals surface area (Å²) < 4.78 is 20.2. The van der Waals surface area contributed by atoms with Crippen molar-refractivity contribution >= 4 is 11.9 Å².